The molecule has 0 radical (unpaired) electrons. The molecule has 0 N–H and O–H groups in total. The van der Waals surface area contributed by atoms with Gasteiger partial charge in [0.25, 0.3) is 0 Å². The van der Waals surface area contributed by atoms with Crippen LogP contribution in [0.1, 0.15) is 34.7 Å². The van der Waals surface area contributed by atoms with Crippen LogP contribution in [0.25, 0.3) is 0 Å². The summed E-state index contributed by atoms with van der Waals surface area (Å²) in [5, 5.41) is 0. The Morgan fingerprint density at radius 2 is 1.53 bits per heavy atom. The maximum atomic E-state index is 13.5. The number of ether oxygens (including phenoxy) is 1. The highest BCUT2D eigenvalue weighted by Gasteiger charge is 2.37. The smallest absolute Gasteiger partial charge is 0.344 e. The molecule has 1 fully saturated rings. The van der Waals surface area contributed by atoms with Gasteiger partial charge in [-0.1, -0.05) is 0 Å². The van der Waals surface area contributed by atoms with E-state index in [1.54, 1.807) is 0 Å². The van der Waals surface area contributed by atoms with Crippen LogP contribution in [-0.4, -0.2) is 13.1 Å². The molecule has 0 amide bonds. The minimum atomic E-state index is -1.70. The molecule has 0 saturated heterocycles. The van der Waals surface area contributed by atoms with E-state index in [-0.39, 0.29) is 0 Å². The van der Waals surface area contributed by atoms with Crippen LogP contribution >= 0.6 is 0 Å². The van der Waals surface area contributed by atoms with Crippen molar-refractivity contribution < 1.29 is 27.1 Å². The average molecular weight is 248 g/mol. The summed E-state index contributed by atoms with van der Waals surface area (Å²) in [6.45, 7) is 0. The van der Waals surface area contributed by atoms with Crippen molar-refractivity contribution in [3.05, 3.63) is 34.4 Å². The fourth-order valence-corrected chi connectivity index (χ4v) is 1.66. The van der Waals surface area contributed by atoms with Crippen LogP contribution in [0, 0.1) is 23.3 Å². The van der Waals surface area contributed by atoms with Gasteiger partial charge in [-0.25, -0.2) is 22.4 Å². The van der Waals surface area contributed by atoms with Gasteiger partial charge in [0.05, 0.1) is 7.11 Å². The van der Waals surface area contributed by atoms with E-state index < -0.39 is 46.3 Å². The SMILES string of the molecule is COC(=O)c1c(F)c(F)c(C2CC2)c(F)c1F. The van der Waals surface area contributed by atoms with Crippen molar-refractivity contribution >= 4 is 5.97 Å². The van der Waals surface area contributed by atoms with Crippen LogP contribution in [0.15, 0.2) is 0 Å². The molecule has 0 unspecified atom stereocenters. The second kappa shape index (κ2) is 4.01. The summed E-state index contributed by atoms with van der Waals surface area (Å²) in [7, 11) is 0.867. The molecule has 1 aliphatic rings. The molecule has 92 valence electrons. The van der Waals surface area contributed by atoms with Gasteiger partial charge in [0, 0.05) is 5.56 Å². The molecule has 6 heteroatoms. The van der Waals surface area contributed by atoms with E-state index in [9.17, 15) is 22.4 Å². The molecule has 0 spiro atoms. The molecule has 0 atom stereocenters. The first-order chi connectivity index (χ1) is 7.99. The predicted molar refractivity (Wildman–Crippen MR) is 49.6 cm³/mol. The molecular formula is C11H8F4O2. The van der Waals surface area contributed by atoms with Crippen molar-refractivity contribution in [2.24, 2.45) is 0 Å². The summed E-state index contributed by atoms with van der Waals surface area (Å²) in [4.78, 5) is 11.0. The van der Waals surface area contributed by atoms with Gasteiger partial charge in [-0.2, -0.15) is 0 Å². The third-order valence-corrected chi connectivity index (χ3v) is 2.67. The second-order valence-corrected chi connectivity index (χ2v) is 3.81. The monoisotopic (exact) mass is 248 g/mol. The minimum Gasteiger partial charge on any atom is -0.465 e. The van der Waals surface area contributed by atoms with Crippen molar-refractivity contribution in [1.82, 2.24) is 0 Å². The molecule has 0 heterocycles. The summed E-state index contributed by atoms with van der Waals surface area (Å²) in [5.41, 5.74) is -1.94. The molecule has 2 nitrogen and oxygen atoms in total. The number of rotatable bonds is 2. The Bertz CT molecular complexity index is 466. The molecule has 17 heavy (non-hydrogen) atoms. The number of hydrogen-bond acceptors (Lipinski definition) is 2. The average Bonchev–Trinajstić information content (AvgIpc) is 3.11. The van der Waals surface area contributed by atoms with Gasteiger partial charge in [-0.05, 0) is 18.8 Å². The number of halogens is 4. The lowest BCUT2D eigenvalue weighted by atomic mass is 10.0. The van der Waals surface area contributed by atoms with E-state index >= 15 is 0 Å². The zero-order valence-electron chi connectivity index (χ0n) is 8.82. The van der Waals surface area contributed by atoms with Gasteiger partial charge in [0.1, 0.15) is 5.56 Å². The Balaban J connectivity index is 2.67. The number of hydrogen-bond donors (Lipinski definition) is 0. The summed E-state index contributed by atoms with van der Waals surface area (Å²) in [6, 6.07) is 0. The van der Waals surface area contributed by atoms with Crippen LogP contribution in [0.2, 0.25) is 0 Å². The fraction of sp³-hybridized carbons (Fsp3) is 0.364. The fourth-order valence-electron chi connectivity index (χ4n) is 1.66. The standard InChI is InChI=1S/C11H8F4O2/c1-17-11(16)6-9(14)7(12)5(4-2-3-4)8(13)10(6)15/h4H,2-3H2,1H3. The Hall–Kier alpha value is -1.59. The lowest BCUT2D eigenvalue weighted by molar-refractivity contribution is 0.0586. The molecule has 1 saturated carbocycles. The molecule has 1 aromatic rings. The largest absolute Gasteiger partial charge is 0.465 e. The van der Waals surface area contributed by atoms with Crippen LogP contribution in [-0.2, 0) is 4.74 Å². The normalized spacial score (nSPS) is 14.9. The third kappa shape index (κ3) is 1.77. The quantitative estimate of drug-likeness (QED) is 0.457. The maximum Gasteiger partial charge on any atom is 0.344 e. The lowest BCUT2D eigenvalue weighted by Crippen LogP contribution is -2.14. The summed E-state index contributed by atoms with van der Waals surface area (Å²) >= 11 is 0. The van der Waals surface area contributed by atoms with E-state index in [2.05, 4.69) is 4.74 Å². The van der Waals surface area contributed by atoms with E-state index in [1.165, 1.54) is 0 Å². The lowest BCUT2D eigenvalue weighted by Gasteiger charge is -2.09. The Kier molecular flexibility index (Phi) is 2.81. The molecular weight excluding hydrogens is 240 g/mol. The van der Waals surface area contributed by atoms with E-state index in [0.717, 1.165) is 7.11 Å². The number of methoxy groups -OCH3 is 1. The maximum absolute atomic E-state index is 13.5. The van der Waals surface area contributed by atoms with Crippen molar-refractivity contribution in [3.63, 3.8) is 0 Å². The number of carbonyl (C=O) groups is 1. The Morgan fingerprint density at radius 3 is 1.88 bits per heavy atom. The van der Waals surface area contributed by atoms with Crippen molar-refractivity contribution in [2.75, 3.05) is 7.11 Å². The van der Waals surface area contributed by atoms with Crippen LogP contribution in [0.3, 0.4) is 0 Å². The van der Waals surface area contributed by atoms with Gasteiger partial charge in [0.2, 0.25) is 0 Å². The molecule has 0 aliphatic heterocycles. The van der Waals surface area contributed by atoms with Crippen LogP contribution < -0.4 is 0 Å². The molecule has 1 aromatic carbocycles. The first-order valence-electron chi connectivity index (χ1n) is 4.93. The predicted octanol–water partition coefficient (Wildman–Crippen LogP) is 2.91. The minimum absolute atomic E-state index is 0.476. The summed E-state index contributed by atoms with van der Waals surface area (Å²) < 4.78 is 58.0. The Labute approximate surface area is 94.2 Å². The topological polar surface area (TPSA) is 26.3 Å². The molecule has 1 aliphatic carbocycles. The van der Waals surface area contributed by atoms with E-state index in [1.807, 2.05) is 0 Å². The number of carbonyl (C=O) groups excluding carboxylic acids is 1. The van der Waals surface area contributed by atoms with Gasteiger partial charge in [0.15, 0.2) is 23.3 Å². The van der Waals surface area contributed by atoms with E-state index in [4.69, 9.17) is 0 Å². The number of esters is 1. The molecule has 2 rings (SSSR count). The van der Waals surface area contributed by atoms with Gasteiger partial charge < -0.3 is 4.74 Å². The summed E-state index contributed by atoms with van der Waals surface area (Å²) in [6.07, 6.45) is 0.953. The Morgan fingerprint density at radius 1 is 1.06 bits per heavy atom. The zero-order valence-corrected chi connectivity index (χ0v) is 8.82. The first-order valence-corrected chi connectivity index (χ1v) is 4.93. The zero-order chi connectivity index (χ0) is 12.7. The van der Waals surface area contributed by atoms with Crippen LogP contribution in [0.4, 0.5) is 17.6 Å². The highest BCUT2D eigenvalue weighted by atomic mass is 19.2. The van der Waals surface area contributed by atoms with Crippen molar-refractivity contribution in [1.29, 1.82) is 0 Å². The van der Waals surface area contributed by atoms with E-state index in [0.29, 0.717) is 12.8 Å². The van der Waals surface area contributed by atoms with Gasteiger partial charge >= 0.3 is 5.97 Å². The molecule has 0 aromatic heterocycles. The third-order valence-electron chi connectivity index (χ3n) is 2.67. The van der Waals surface area contributed by atoms with Crippen LogP contribution in [0.5, 0.6) is 0 Å². The van der Waals surface area contributed by atoms with Crippen molar-refractivity contribution in [2.45, 2.75) is 18.8 Å². The second-order valence-electron chi connectivity index (χ2n) is 3.81. The highest BCUT2D eigenvalue weighted by Crippen LogP contribution is 2.44. The number of benzene rings is 1. The van der Waals surface area contributed by atoms with Gasteiger partial charge in [-0.15, -0.1) is 0 Å². The van der Waals surface area contributed by atoms with Gasteiger partial charge in [-0.3, -0.25) is 0 Å². The molecule has 0 bridgehead atoms. The highest BCUT2D eigenvalue weighted by molar-refractivity contribution is 5.90. The summed E-state index contributed by atoms with van der Waals surface area (Å²) in [5.74, 6) is -8.36. The van der Waals surface area contributed by atoms with Crippen molar-refractivity contribution in [3.8, 4) is 0 Å². The first kappa shape index (κ1) is 11.9.